The lowest BCUT2D eigenvalue weighted by Crippen LogP contribution is -2.26. The summed E-state index contributed by atoms with van der Waals surface area (Å²) in [5.41, 5.74) is 5.67. The van der Waals surface area contributed by atoms with E-state index in [1.54, 1.807) is 24.6 Å². The van der Waals surface area contributed by atoms with E-state index >= 15 is 0 Å². The zero-order valence-corrected chi connectivity index (χ0v) is 24.2. The van der Waals surface area contributed by atoms with Gasteiger partial charge in [0.2, 0.25) is 5.91 Å². The number of aldehydes is 1. The number of methoxy groups -OCH3 is 1. The first-order valence-corrected chi connectivity index (χ1v) is 14.1. The van der Waals surface area contributed by atoms with Crippen molar-refractivity contribution in [2.75, 3.05) is 20.8 Å². The number of halogens is 1. The standard InChI is InChI=1S/C23H21FN2O4.C6H11NO2.C2H6/c1-11-12-4-3-5-13-15-8-26-19(22(15)25-18(21(12)13)7-17(11)24)6-14(20(28)9-27)16(10-30-2)23(26)29;1-7-6(9)5-2-4(5)3-8;1-2/h6-7,9,20,28H,3-5,8,10H2,1-2H3;4-5,8H,2-3H2,1H3,(H,7,9);1-2H3. The van der Waals surface area contributed by atoms with Crippen LogP contribution in [0.3, 0.4) is 0 Å². The van der Waals surface area contributed by atoms with Crippen LogP contribution in [0.1, 0.15) is 66.2 Å². The van der Waals surface area contributed by atoms with Gasteiger partial charge in [0, 0.05) is 54.8 Å². The molecule has 3 N–H and O–H groups in total. The molecule has 3 unspecified atom stereocenters. The van der Waals surface area contributed by atoms with Gasteiger partial charge in [0.15, 0.2) is 6.29 Å². The summed E-state index contributed by atoms with van der Waals surface area (Å²) in [6, 6.07) is 3.10. The Hall–Kier alpha value is -3.47. The lowest BCUT2D eigenvalue weighted by Gasteiger charge is -2.21. The zero-order valence-electron chi connectivity index (χ0n) is 24.2. The van der Waals surface area contributed by atoms with Crippen molar-refractivity contribution in [3.63, 3.8) is 0 Å². The van der Waals surface area contributed by atoms with Gasteiger partial charge in [-0.1, -0.05) is 13.8 Å². The van der Waals surface area contributed by atoms with Gasteiger partial charge >= 0.3 is 0 Å². The molecule has 2 aromatic heterocycles. The van der Waals surface area contributed by atoms with Crippen molar-refractivity contribution in [1.29, 1.82) is 0 Å². The van der Waals surface area contributed by atoms with E-state index in [0.717, 1.165) is 47.8 Å². The molecule has 3 aliphatic rings. The van der Waals surface area contributed by atoms with Gasteiger partial charge in [-0.25, -0.2) is 9.37 Å². The maximum Gasteiger partial charge on any atom is 0.257 e. The van der Waals surface area contributed by atoms with Crippen LogP contribution >= 0.6 is 0 Å². The number of benzene rings is 1. The minimum atomic E-state index is -1.43. The van der Waals surface area contributed by atoms with E-state index in [2.05, 4.69) is 5.32 Å². The highest BCUT2D eigenvalue weighted by molar-refractivity contribution is 5.92. The normalized spacial score (nSPS) is 18.2. The van der Waals surface area contributed by atoms with Crippen molar-refractivity contribution >= 4 is 23.1 Å². The molecule has 0 saturated heterocycles. The van der Waals surface area contributed by atoms with Gasteiger partial charge < -0.3 is 29.6 Å². The van der Waals surface area contributed by atoms with Gasteiger partial charge in [0.25, 0.3) is 5.56 Å². The largest absolute Gasteiger partial charge is 0.396 e. The summed E-state index contributed by atoms with van der Waals surface area (Å²) in [5, 5.41) is 22.3. The van der Waals surface area contributed by atoms with E-state index in [9.17, 15) is 23.9 Å². The molecule has 3 atom stereocenters. The summed E-state index contributed by atoms with van der Waals surface area (Å²) in [5.74, 6) is 0.125. The van der Waals surface area contributed by atoms with Crippen LogP contribution in [-0.2, 0) is 40.3 Å². The van der Waals surface area contributed by atoms with Crippen molar-refractivity contribution in [3.05, 3.63) is 61.7 Å². The van der Waals surface area contributed by atoms with Crippen LogP contribution in [0.2, 0.25) is 0 Å². The van der Waals surface area contributed by atoms with Crippen LogP contribution in [0.25, 0.3) is 22.3 Å². The average molecular weight is 568 g/mol. The fourth-order valence-electron chi connectivity index (χ4n) is 5.91. The summed E-state index contributed by atoms with van der Waals surface area (Å²) in [6.45, 7) is 6.31. The minimum Gasteiger partial charge on any atom is -0.396 e. The molecule has 9 nitrogen and oxygen atoms in total. The molecule has 2 aliphatic carbocycles. The number of hydrogen-bond acceptors (Lipinski definition) is 7. The van der Waals surface area contributed by atoms with Gasteiger partial charge in [-0.3, -0.25) is 9.59 Å². The number of carbonyl (C=O) groups excluding carboxylic acids is 2. The fraction of sp³-hybridized carbons (Fsp3) is 0.484. The van der Waals surface area contributed by atoms with Crippen molar-refractivity contribution in [1.82, 2.24) is 14.9 Å². The zero-order chi connectivity index (χ0) is 30.0. The topological polar surface area (TPSA) is 131 Å². The molecule has 3 aromatic rings. The van der Waals surface area contributed by atoms with Crippen LogP contribution in [0, 0.1) is 24.6 Å². The second-order valence-electron chi connectivity index (χ2n) is 10.4. The second kappa shape index (κ2) is 12.6. The molecule has 0 spiro atoms. The van der Waals surface area contributed by atoms with E-state index in [4.69, 9.17) is 14.8 Å². The van der Waals surface area contributed by atoms with Crippen LogP contribution in [0.5, 0.6) is 0 Å². The first-order chi connectivity index (χ1) is 19.7. The van der Waals surface area contributed by atoms with Crippen LogP contribution in [0.15, 0.2) is 16.9 Å². The van der Waals surface area contributed by atoms with Gasteiger partial charge in [-0.2, -0.15) is 0 Å². The molecule has 3 heterocycles. The quantitative estimate of drug-likeness (QED) is 0.305. The Morgan fingerprint density at radius 1 is 1.27 bits per heavy atom. The first-order valence-electron chi connectivity index (χ1n) is 14.1. The van der Waals surface area contributed by atoms with Crippen LogP contribution in [0.4, 0.5) is 4.39 Å². The van der Waals surface area contributed by atoms with E-state index in [1.165, 1.54) is 13.2 Å². The van der Waals surface area contributed by atoms with Crippen molar-refractivity contribution in [2.24, 2.45) is 11.8 Å². The van der Waals surface area contributed by atoms with Crippen LogP contribution < -0.4 is 10.9 Å². The number of hydrogen-bond donors (Lipinski definition) is 3. The molecule has 0 radical (unpaired) electrons. The number of aryl methyl sites for hydroxylation is 2. The molecule has 41 heavy (non-hydrogen) atoms. The number of aromatic nitrogens is 2. The summed E-state index contributed by atoms with van der Waals surface area (Å²) in [6.07, 6.45) is 2.39. The molecule has 1 fully saturated rings. The van der Waals surface area contributed by atoms with Crippen molar-refractivity contribution in [3.8, 4) is 11.4 Å². The highest BCUT2D eigenvalue weighted by Gasteiger charge is 2.41. The summed E-state index contributed by atoms with van der Waals surface area (Å²) in [7, 11) is 3.08. The molecule has 1 aromatic carbocycles. The smallest absolute Gasteiger partial charge is 0.257 e. The third-order valence-electron chi connectivity index (χ3n) is 8.14. The second-order valence-corrected chi connectivity index (χ2v) is 10.4. The molecule has 0 bridgehead atoms. The molecular weight excluding hydrogens is 529 g/mol. The number of fused-ring (bicyclic) bond motifs is 4. The lowest BCUT2D eigenvalue weighted by atomic mass is 9.85. The number of nitrogens with zero attached hydrogens (tertiary/aromatic N) is 2. The Morgan fingerprint density at radius 2 is 1.98 bits per heavy atom. The highest BCUT2D eigenvalue weighted by atomic mass is 19.1. The fourth-order valence-corrected chi connectivity index (χ4v) is 5.91. The summed E-state index contributed by atoms with van der Waals surface area (Å²) in [4.78, 5) is 39.9. The number of rotatable bonds is 6. The minimum absolute atomic E-state index is 0.00743. The van der Waals surface area contributed by atoms with E-state index in [-0.39, 0.29) is 53.5 Å². The number of carbonyl (C=O) groups is 2. The van der Waals surface area contributed by atoms with Crippen LogP contribution in [-0.4, -0.2) is 52.7 Å². The van der Waals surface area contributed by atoms with Crippen molar-refractivity contribution in [2.45, 2.75) is 65.7 Å². The van der Waals surface area contributed by atoms with E-state index in [1.807, 2.05) is 13.8 Å². The highest BCUT2D eigenvalue weighted by Crippen LogP contribution is 2.41. The van der Waals surface area contributed by atoms with Gasteiger partial charge in [0.1, 0.15) is 11.9 Å². The number of aliphatic hydroxyl groups excluding tert-OH is 2. The van der Waals surface area contributed by atoms with Gasteiger partial charge in [0.05, 0.1) is 30.1 Å². The third kappa shape index (κ3) is 5.43. The molecule has 1 amide bonds. The number of pyridine rings is 2. The SMILES string of the molecule is CC.CNC(=O)C1CC1CO.COCc1c(C(O)C=O)cc2n(c1=O)Cc1c-2nc2cc(F)c(C)c3c2c1CCC3. The lowest BCUT2D eigenvalue weighted by molar-refractivity contribution is -0.122. The third-order valence-corrected chi connectivity index (χ3v) is 8.14. The maximum atomic E-state index is 14.5. The average Bonchev–Trinajstić information content (AvgIpc) is 3.71. The predicted molar refractivity (Wildman–Crippen MR) is 153 cm³/mol. The molecule has 220 valence electrons. The number of amides is 1. The summed E-state index contributed by atoms with van der Waals surface area (Å²) < 4.78 is 21.3. The Balaban J connectivity index is 0.000000299. The molecule has 6 rings (SSSR count). The van der Waals surface area contributed by atoms with E-state index < -0.39 is 6.10 Å². The summed E-state index contributed by atoms with van der Waals surface area (Å²) >= 11 is 0. The molecule has 10 heteroatoms. The van der Waals surface area contributed by atoms with Gasteiger partial charge in [-0.15, -0.1) is 0 Å². The molecular formula is C31H38FN3O6. The predicted octanol–water partition coefficient (Wildman–Crippen LogP) is 3.13. The van der Waals surface area contributed by atoms with E-state index in [0.29, 0.717) is 35.3 Å². The van der Waals surface area contributed by atoms with Gasteiger partial charge in [-0.05, 0) is 61.3 Å². The molecule has 1 aliphatic heterocycles. The Bertz CT molecular complexity index is 1550. The first kappa shape index (κ1) is 30.5. The van der Waals surface area contributed by atoms with Crippen molar-refractivity contribution < 1.29 is 28.9 Å². The number of nitrogens with one attached hydrogen (secondary N) is 1. The Labute approximate surface area is 238 Å². The number of ether oxygens (including phenoxy) is 1. The monoisotopic (exact) mass is 567 g/mol. The maximum absolute atomic E-state index is 14.5. The molecule has 1 saturated carbocycles. The Morgan fingerprint density at radius 3 is 2.59 bits per heavy atom. The number of aliphatic hydroxyl groups is 2. The Kier molecular flexibility index (Phi) is 9.36.